The quantitative estimate of drug-likeness (QED) is 0.184. The lowest BCUT2D eigenvalue weighted by molar-refractivity contribution is -0.155. The number of hydrogen-bond donors (Lipinski definition) is 5. The summed E-state index contributed by atoms with van der Waals surface area (Å²) >= 11 is 0. The Balaban J connectivity index is 1.50. The van der Waals surface area contributed by atoms with Crippen molar-refractivity contribution in [3.8, 4) is 0 Å². The molecule has 2 bridgehead atoms. The van der Waals surface area contributed by atoms with Gasteiger partial charge in [-0.15, -0.1) is 0 Å². The molecule has 11 atom stereocenters. The lowest BCUT2D eigenvalue weighted by Gasteiger charge is -2.65. The van der Waals surface area contributed by atoms with Crippen LogP contribution in [0.1, 0.15) is 111 Å². The van der Waals surface area contributed by atoms with E-state index < -0.39 is 58.0 Å². The smallest absolute Gasteiger partial charge is 0.331 e. The summed E-state index contributed by atoms with van der Waals surface area (Å²) in [5.74, 6) is -2.10. The summed E-state index contributed by atoms with van der Waals surface area (Å²) in [5, 5.41) is 56.0. The van der Waals surface area contributed by atoms with Crippen molar-refractivity contribution in [1.29, 1.82) is 0 Å². The first kappa shape index (κ1) is 37.8. The number of aliphatic carboxylic acids is 1. The van der Waals surface area contributed by atoms with Gasteiger partial charge in [0.25, 0.3) is 0 Å². The van der Waals surface area contributed by atoms with Crippen molar-refractivity contribution in [3.05, 3.63) is 64.8 Å². The lowest BCUT2D eigenvalue weighted by Crippen LogP contribution is -2.64. The Morgan fingerprint density at radius 2 is 1.67 bits per heavy atom. The van der Waals surface area contributed by atoms with E-state index in [1.165, 1.54) is 13.0 Å². The van der Waals surface area contributed by atoms with Gasteiger partial charge in [0.05, 0.1) is 24.4 Å². The average Bonchev–Trinajstić information content (AvgIpc) is 3.29. The van der Waals surface area contributed by atoms with E-state index >= 15 is 4.79 Å². The van der Waals surface area contributed by atoms with Gasteiger partial charge >= 0.3 is 5.97 Å². The molecule has 0 saturated heterocycles. The molecule has 0 amide bonds. The molecule has 5 N–H and O–H groups in total. The molecule has 0 unspecified atom stereocenters. The Hall–Kier alpha value is -2.91. The van der Waals surface area contributed by atoms with Crippen LogP contribution in [0.4, 0.5) is 0 Å². The summed E-state index contributed by atoms with van der Waals surface area (Å²) in [4.78, 5) is 40.7. The minimum atomic E-state index is -1.18. The molecule has 6 rings (SSSR count). The summed E-state index contributed by atoms with van der Waals surface area (Å²) in [6.45, 7) is 9.60. The van der Waals surface area contributed by atoms with Gasteiger partial charge in [0, 0.05) is 52.6 Å². The van der Waals surface area contributed by atoms with Gasteiger partial charge in [-0.25, -0.2) is 4.79 Å². The number of carbonyl (C=O) groups excluding carboxylic acids is 2. The number of ketones is 2. The third-order valence-electron chi connectivity index (χ3n) is 14.4. The molecular weight excluding hydrogens is 644 g/mol. The van der Waals surface area contributed by atoms with Crippen molar-refractivity contribution in [2.45, 2.75) is 130 Å². The summed E-state index contributed by atoms with van der Waals surface area (Å²) in [7, 11) is 0. The number of carboxylic acid groups (broad SMARTS) is 1. The van der Waals surface area contributed by atoms with E-state index in [4.69, 9.17) is 0 Å². The van der Waals surface area contributed by atoms with E-state index in [1.807, 2.05) is 57.2 Å². The van der Waals surface area contributed by atoms with Gasteiger partial charge in [0.2, 0.25) is 0 Å². The van der Waals surface area contributed by atoms with E-state index in [1.54, 1.807) is 0 Å². The molecule has 8 heteroatoms. The van der Waals surface area contributed by atoms with Gasteiger partial charge in [-0.05, 0) is 79.4 Å². The molecule has 5 aliphatic rings. The second-order valence-corrected chi connectivity index (χ2v) is 17.6. The maximum Gasteiger partial charge on any atom is 0.331 e. The third-order valence-corrected chi connectivity index (χ3v) is 14.4. The first-order valence-electron chi connectivity index (χ1n) is 19.2. The number of carboxylic acids is 1. The zero-order valence-corrected chi connectivity index (χ0v) is 31.0. The van der Waals surface area contributed by atoms with Crippen LogP contribution >= 0.6 is 0 Å². The van der Waals surface area contributed by atoms with Crippen molar-refractivity contribution >= 4 is 23.6 Å². The maximum atomic E-state index is 15.1. The first-order valence-corrected chi connectivity index (χ1v) is 19.2. The highest BCUT2D eigenvalue weighted by Gasteiger charge is 2.73. The van der Waals surface area contributed by atoms with Crippen LogP contribution in [0.2, 0.25) is 0 Å². The average molecular weight is 703 g/mol. The fraction of sp³-hybridized carbons (Fsp3) is 0.651. The van der Waals surface area contributed by atoms with Crippen LogP contribution in [0.5, 0.6) is 0 Å². The minimum Gasteiger partial charge on any atom is -0.478 e. The zero-order chi connectivity index (χ0) is 37.1. The molecule has 51 heavy (non-hydrogen) atoms. The first-order chi connectivity index (χ1) is 24.0. The second kappa shape index (κ2) is 13.8. The molecule has 0 aromatic heterocycles. The monoisotopic (exact) mass is 702 g/mol. The molecule has 3 fully saturated rings. The molecular formula is C43H58O8. The zero-order valence-electron chi connectivity index (χ0n) is 31.0. The number of hydrogen-bond acceptors (Lipinski definition) is 7. The van der Waals surface area contributed by atoms with Crippen molar-refractivity contribution in [3.63, 3.8) is 0 Å². The van der Waals surface area contributed by atoms with E-state index in [-0.39, 0.29) is 54.2 Å². The van der Waals surface area contributed by atoms with Crippen molar-refractivity contribution in [1.82, 2.24) is 0 Å². The number of fused-ring (bicyclic) bond motifs is 2. The number of aliphatic hydroxyl groups excluding tert-OH is 4. The summed E-state index contributed by atoms with van der Waals surface area (Å²) in [6.07, 6.45) is 7.42. The Labute approximate surface area is 302 Å². The molecule has 0 aliphatic heterocycles. The third kappa shape index (κ3) is 6.02. The van der Waals surface area contributed by atoms with Crippen molar-refractivity contribution < 1.29 is 39.9 Å². The van der Waals surface area contributed by atoms with Gasteiger partial charge in [0.1, 0.15) is 5.78 Å². The molecule has 278 valence electrons. The SMILES string of the molecule is C[C@H](O)CC(=C[C@@H](O)C[C@@H](C)[C@@H]1C[C@H](O)[C@]2(C)C3=C4C(=O)C[C@@]12CCCCC[C@@]41CCC(=O)C(C)(C)[C@H]1[C@@H](C=Cc1ccccc1)[C@H]3O)C(=O)O. The Morgan fingerprint density at radius 1 is 0.980 bits per heavy atom. The van der Waals surface area contributed by atoms with Crippen LogP contribution in [-0.2, 0) is 14.4 Å². The van der Waals surface area contributed by atoms with Gasteiger partial charge < -0.3 is 25.5 Å². The highest BCUT2D eigenvalue weighted by Crippen LogP contribution is 2.74. The van der Waals surface area contributed by atoms with E-state index in [2.05, 4.69) is 13.0 Å². The highest BCUT2D eigenvalue weighted by atomic mass is 16.4. The second-order valence-electron chi connectivity index (χ2n) is 17.6. The summed E-state index contributed by atoms with van der Waals surface area (Å²) < 4.78 is 0. The Morgan fingerprint density at radius 3 is 2.33 bits per heavy atom. The van der Waals surface area contributed by atoms with Crippen molar-refractivity contribution in [2.24, 2.45) is 45.3 Å². The van der Waals surface area contributed by atoms with Gasteiger partial charge in [-0.1, -0.05) is 89.4 Å². The van der Waals surface area contributed by atoms with E-state index in [9.17, 15) is 35.1 Å². The number of benzene rings is 1. The number of aliphatic hydroxyl groups is 4. The highest BCUT2D eigenvalue weighted by molar-refractivity contribution is 6.01. The predicted octanol–water partition coefficient (Wildman–Crippen LogP) is 6.46. The van der Waals surface area contributed by atoms with E-state index in [0.29, 0.717) is 36.8 Å². The van der Waals surface area contributed by atoms with Crippen molar-refractivity contribution in [2.75, 3.05) is 0 Å². The summed E-state index contributed by atoms with van der Waals surface area (Å²) in [5.41, 5.74) is -0.688. The Kier molecular flexibility index (Phi) is 10.2. The van der Waals surface area contributed by atoms with Gasteiger partial charge in [-0.3, -0.25) is 9.59 Å². The molecule has 1 aromatic rings. The van der Waals surface area contributed by atoms with Crippen LogP contribution in [0.15, 0.2) is 59.2 Å². The Bertz CT molecular complexity index is 1620. The largest absolute Gasteiger partial charge is 0.478 e. The number of rotatable bonds is 9. The molecule has 3 saturated carbocycles. The molecule has 0 heterocycles. The number of carbonyl (C=O) groups is 3. The maximum absolute atomic E-state index is 15.1. The van der Waals surface area contributed by atoms with Crippen LogP contribution in [0.3, 0.4) is 0 Å². The minimum absolute atomic E-state index is 0.0286. The molecule has 1 aromatic carbocycles. The topological polar surface area (TPSA) is 152 Å². The molecule has 2 spiro atoms. The molecule has 0 radical (unpaired) electrons. The van der Waals surface area contributed by atoms with Crippen LogP contribution in [0.25, 0.3) is 6.08 Å². The van der Waals surface area contributed by atoms with Gasteiger partial charge in [0.15, 0.2) is 5.78 Å². The predicted molar refractivity (Wildman–Crippen MR) is 195 cm³/mol. The van der Waals surface area contributed by atoms with Crippen LogP contribution in [-0.4, -0.2) is 67.5 Å². The molecule has 8 nitrogen and oxygen atoms in total. The van der Waals surface area contributed by atoms with Crippen LogP contribution < -0.4 is 0 Å². The normalized spacial score (nSPS) is 38.3. The molecule has 5 aliphatic carbocycles. The van der Waals surface area contributed by atoms with Gasteiger partial charge in [-0.2, -0.15) is 0 Å². The lowest BCUT2D eigenvalue weighted by atomic mass is 9.38. The standard InChI is InChI=1S/C43H58O8/c1-25(20-29(45)22-28(39(50)51)21-26(2)44)31-23-34(48)41(5)36-35-32(46)24-43(31,41)18-11-7-10-17-42(35)19-16-33(47)40(3,4)38(42)30(37(36)49)15-14-27-12-8-6-9-13-27/h6,8-9,12-15,22,25-26,29-31,34,37-38,44-45,48-49H,7,10-11,16-21,23-24H2,1-5H3,(H,50,51)/t25-,26+,29+,30+,31+,34+,37-,38-,41-,42-,43+/m1/s1. The fourth-order valence-electron chi connectivity index (χ4n) is 12.3. The number of allylic oxidation sites excluding steroid dienone is 1. The number of Topliss-reactive ketones (excluding diaryl/α,β-unsaturated/α-hetero) is 2. The van der Waals surface area contributed by atoms with Crippen LogP contribution in [0, 0.1) is 45.3 Å². The fourth-order valence-corrected chi connectivity index (χ4v) is 12.3. The summed E-state index contributed by atoms with van der Waals surface area (Å²) in [6, 6.07) is 9.91. The van der Waals surface area contributed by atoms with E-state index in [0.717, 1.165) is 31.2 Å².